The van der Waals surface area contributed by atoms with E-state index in [4.69, 9.17) is 0 Å². The van der Waals surface area contributed by atoms with Gasteiger partial charge in [-0.3, -0.25) is 19.3 Å². The van der Waals surface area contributed by atoms with Crippen LogP contribution < -0.4 is 10.6 Å². The van der Waals surface area contributed by atoms with E-state index in [9.17, 15) is 14.4 Å². The fourth-order valence-electron chi connectivity index (χ4n) is 4.21. The minimum absolute atomic E-state index is 0.256. The van der Waals surface area contributed by atoms with Gasteiger partial charge in [-0.2, -0.15) is 0 Å². The molecule has 2 N–H and O–H groups in total. The first-order chi connectivity index (χ1) is 17.5. The summed E-state index contributed by atoms with van der Waals surface area (Å²) < 4.78 is 0. The number of amides is 3. The minimum Gasteiger partial charge on any atom is -0.354 e. The molecule has 5 rings (SSSR count). The van der Waals surface area contributed by atoms with Crippen LogP contribution in [0.2, 0.25) is 0 Å². The summed E-state index contributed by atoms with van der Waals surface area (Å²) in [5, 5.41) is 6.25. The molecule has 0 aromatic heterocycles. The second-order valence-electron chi connectivity index (χ2n) is 8.75. The quantitative estimate of drug-likeness (QED) is 0.330. The Hall–Kier alpha value is -4.71. The van der Waals surface area contributed by atoms with Crippen LogP contribution in [0.15, 0.2) is 97.1 Å². The number of benzene rings is 4. The molecule has 0 spiro atoms. The first kappa shape index (κ1) is 23.1. The highest BCUT2D eigenvalue weighted by molar-refractivity contribution is 6.22. The predicted octanol–water partition coefficient (Wildman–Crippen LogP) is 5.83. The van der Waals surface area contributed by atoms with Gasteiger partial charge in [0.1, 0.15) is 0 Å². The number of imide groups is 1. The number of carbonyl (C=O) groups excluding carboxylic acids is 3. The summed E-state index contributed by atoms with van der Waals surface area (Å²) >= 11 is 0. The van der Waals surface area contributed by atoms with Crippen LogP contribution in [0.4, 0.5) is 17.1 Å². The molecule has 178 valence electrons. The molecule has 0 unspecified atom stereocenters. The third-order valence-corrected chi connectivity index (χ3v) is 6.21. The Labute approximate surface area is 209 Å². The van der Waals surface area contributed by atoms with Crippen molar-refractivity contribution in [3.05, 3.63) is 125 Å². The van der Waals surface area contributed by atoms with Gasteiger partial charge in [0.25, 0.3) is 17.7 Å². The zero-order valence-electron chi connectivity index (χ0n) is 19.8. The molecule has 0 saturated heterocycles. The maximum absolute atomic E-state index is 13.1. The van der Waals surface area contributed by atoms with E-state index in [1.807, 2.05) is 85.8 Å². The number of hydrogen-bond acceptors (Lipinski definition) is 4. The number of carbonyl (C=O) groups is 3. The Morgan fingerprint density at radius 1 is 0.750 bits per heavy atom. The van der Waals surface area contributed by atoms with E-state index in [-0.39, 0.29) is 29.8 Å². The highest BCUT2D eigenvalue weighted by Crippen LogP contribution is 2.28. The third-order valence-electron chi connectivity index (χ3n) is 6.21. The van der Waals surface area contributed by atoms with E-state index in [2.05, 4.69) is 10.6 Å². The summed E-state index contributed by atoms with van der Waals surface area (Å²) in [6.07, 6.45) is 0.574. The molecule has 1 heterocycles. The van der Waals surface area contributed by atoms with Gasteiger partial charge in [-0.25, -0.2) is 0 Å². The molecule has 1 aliphatic rings. The fourth-order valence-corrected chi connectivity index (χ4v) is 4.21. The van der Waals surface area contributed by atoms with E-state index in [1.54, 1.807) is 12.1 Å². The van der Waals surface area contributed by atoms with Crippen molar-refractivity contribution in [1.82, 2.24) is 4.90 Å². The Balaban J connectivity index is 1.31. The first-order valence-corrected chi connectivity index (χ1v) is 11.8. The van der Waals surface area contributed by atoms with E-state index >= 15 is 0 Å². The number of anilines is 3. The molecule has 0 aliphatic carbocycles. The van der Waals surface area contributed by atoms with E-state index < -0.39 is 0 Å². The van der Waals surface area contributed by atoms with Gasteiger partial charge in [0.15, 0.2) is 0 Å². The molecule has 0 atom stereocenters. The van der Waals surface area contributed by atoms with Gasteiger partial charge in [0, 0.05) is 17.8 Å². The third kappa shape index (κ3) is 4.74. The molecule has 6 nitrogen and oxygen atoms in total. The maximum Gasteiger partial charge on any atom is 0.261 e. The molecule has 0 saturated carbocycles. The standard InChI is InChI=1S/C30H25N3O3/c1-20-11-14-23(15-12-20)31-26-9-5-6-10-27(26)32-28(34)22-13-16-24-25(19-22)30(36)33(29(24)35)18-17-21-7-3-2-4-8-21/h2-16,19,31H,17-18H2,1H3,(H,32,34). The number of nitrogens with zero attached hydrogens (tertiary/aromatic N) is 1. The van der Waals surface area contributed by atoms with Crippen LogP contribution in [-0.2, 0) is 6.42 Å². The number of aryl methyl sites for hydroxylation is 1. The minimum atomic E-state index is -0.373. The largest absolute Gasteiger partial charge is 0.354 e. The van der Waals surface area contributed by atoms with Crippen molar-refractivity contribution in [2.24, 2.45) is 0 Å². The molecule has 0 bridgehead atoms. The topological polar surface area (TPSA) is 78.5 Å². The molecule has 4 aromatic rings. The Morgan fingerprint density at radius 2 is 1.42 bits per heavy atom. The lowest BCUT2D eigenvalue weighted by Gasteiger charge is -2.14. The van der Waals surface area contributed by atoms with Crippen LogP contribution in [-0.4, -0.2) is 29.2 Å². The normalized spacial score (nSPS) is 12.4. The van der Waals surface area contributed by atoms with Crippen LogP contribution >= 0.6 is 0 Å². The smallest absolute Gasteiger partial charge is 0.261 e. The average Bonchev–Trinajstić information content (AvgIpc) is 3.14. The van der Waals surface area contributed by atoms with Crippen molar-refractivity contribution >= 4 is 34.8 Å². The number of hydrogen-bond donors (Lipinski definition) is 2. The number of nitrogens with one attached hydrogen (secondary N) is 2. The first-order valence-electron chi connectivity index (χ1n) is 11.8. The van der Waals surface area contributed by atoms with Gasteiger partial charge in [0.2, 0.25) is 0 Å². The molecule has 4 aromatic carbocycles. The van der Waals surface area contributed by atoms with Gasteiger partial charge in [-0.1, -0.05) is 60.2 Å². The van der Waals surface area contributed by atoms with Gasteiger partial charge >= 0.3 is 0 Å². The van der Waals surface area contributed by atoms with Gasteiger partial charge < -0.3 is 10.6 Å². The van der Waals surface area contributed by atoms with Crippen LogP contribution in [0.3, 0.4) is 0 Å². The second-order valence-corrected chi connectivity index (χ2v) is 8.75. The summed E-state index contributed by atoms with van der Waals surface area (Å²) in [7, 11) is 0. The van der Waals surface area contributed by atoms with Gasteiger partial charge in [0.05, 0.1) is 22.5 Å². The predicted molar refractivity (Wildman–Crippen MR) is 141 cm³/mol. The van der Waals surface area contributed by atoms with E-state index in [0.717, 1.165) is 22.5 Å². The lowest BCUT2D eigenvalue weighted by Crippen LogP contribution is -2.31. The molecule has 36 heavy (non-hydrogen) atoms. The molecule has 3 amide bonds. The van der Waals surface area contributed by atoms with Crippen molar-refractivity contribution in [1.29, 1.82) is 0 Å². The highest BCUT2D eigenvalue weighted by atomic mass is 16.2. The molecule has 6 heteroatoms. The Kier molecular flexibility index (Phi) is 6.33. The van der Waals surface area contributed by atoms with Crippen LogP contribution in [0.5, 0.6) is 0 Å². The molecule has 1 aliphatic heterocycles. The van der Waals surface area contributed by atoms with Crippen LogP contribution in [0, 0.1) is 6.92 Å². The summed E-state index contributed by atoms with van der Waals surface area (Å²) in [6, 6.07) is 29.7. The summed E-state index contributed by atoms with van der Waals surface area (Å²) in [5.74, 6) is -1.06. The lowest BCUT2D eigenvalue weighted by atomic mass is 10.1. The summed E-state index contributed by atoms with van der Waals surface area (Å²) in [6.45, 7) is 2.31. The zero-order chi connectivity index (χ0) is 25.1. The van der Waals surface area contributed by atoms with E-state index in [1.165, 1.54) is 11.0 Å². The molecule has 0 radical (unpaired) electrons. The van der Waals surface area contributed by atoms with E-state index in [0.29, 0.717) is 23.2 Å². The van der Waals surface area contributed by atoms with Gasteiger partial charge in [-0.05, 0) is 61.4 Å². The van der Waals surface area contributed by atoms with Crippen LogP contribution in [0.1, 0.15) is 42.2 Å². The maximum atomic E-state index is 13.1. The SMILES string of the molecule is Cc1ccc(Nc2ccccc2NC(=O)c2ccc3c(c2)C(=O)N(CCc2ccccc2)C3=O)cc1. The number of rotatable bonds is 7. The number of fused-ring (bicyclic) bond motifs is 1. The average molecular weight is 476 g/mol. The monoisotopic (exact) mass is 475 g/mol. The van der Waals surface area contributed by atoms with Crippen molar-refractivity contribution < 1.29 is 14.4 Å². The summed E-state index contributed by atoms with van der Waals surface area (Å²) in [5.41, 5.74) is 5.35. The molecule has 0 fully saturated rings. The molecular weight excluding hydrogens is 450 g/mol. The fraction of sp³-hybridized carbons (Fsp3) is 0.100. The van der Waals surface area contributed by atoms with Crippen molar-refractivity contribution in [2.75, 3.05) is 17.2 Å². The second kappa shape index (κ2) is 9.88. The number of para-hydroxylation sites is 2. The Morgan fingerprint density at radius 3 is 2.17 bits per heavy atom. The van der Waals surface area contributed by atoms with Crippen molar-refractivity contribution in [3.8, 4) is 0 Å². The van der Waals surface area contributed by atoms with Crippen molar-refractivity contribution in [3.63, 3.8) is 0 Å². The molecular formula is C30H25N3O3. The highest BCUT2D eigenvalue weighted by Gasteiger charge is 2.35. The zero-order valence-corrected chi connectivity index (χ0v) is 19.8. The Bertz CT molecular complexity index is 1450. The summed E-state index contributed by atoms with van der Waals surface area (Å²) in [4.78, 5) is 40.2. The van der Waals surface area contributed by atoms with Crippen LogP contribution in [0.25, 0.3) is 0 Å². The lowest BCUT2D eigenvalue weighted by molar-refractivity contribution is 0.0656. The van der Waals surface area contributed by atoms with Gasteiger partial charge in [-0.15, -0.1) is 0 Å². The van der Waals surface area contributed by atoms with Crippen molar-refractivity contribution in [2.45, 2.75) is 13.3 Å².